The van der Waals surface area contributed by atoms with Gasteiger partial charge in [0.2, 0.25) is 0 Å². The maximum absolute atomic E-state index is 4.57. The van der Waals surface area contributed by atoms with Gasteiger partial charge in [-0.25, -0.2) is 0 Å². The molecule has 21 heavy (non-hydrogen) atoms. The summed E-state index contributed by atoms with van der Waals surface area (Å²) in [7, 11) is 0. The largest absolute Gasteiger partial charge is 0.156 e. The van der Waals surface area contributed by atoms with Crippen molar-refractivity contribution in [1.82, 2.24) is 15.0 Å². The molecule has 110 valence electrons. The minimum atomic E-state index is 0.708. The summed E-state index contributed by atoms with van der Waals surface area (Å²) in [6.45, 7) is 0. The van der Waals surface area contributed by atoms with Gasteiger partial charge in [0.25, 0.3) is 0 Å². The lowest BCUT2D eigenvalue weighted by molar-refractivity contribution is 0.405. The number of alkyl halides is 1. The zero-order valence-electron chi connectivity index (χ0n) is 12.1. The Morgan fingerprint density at radius 2 is 1.95 bits per heavy atom. The van der Waals surface area contributed by atoms with Gasteiger partial charge in [-0.05, 0) is 37.0 Å². The molecule has 0 radical (unpaired) electrons. The number of nitrogens with zero attached hydrogens (tertiary/aromatic N) is 3. The Hall–Kier alpha value is -1.42. The van der Waals surface area contributed by atoms with E-state index < -0.39 is 0 Å². The van der Waals surface area contributed by atoms with Gasteiger partial charge in [0.1, 0.15) is 5.69 Å². The van der Waals surface area contributed by atoms with Crippen LogP contribution in [0.15, 0.2) is 42.1 Å². The van der Waals surface area contributed by atoms with Crippen LogP contribution in [0.5, 0.6) is 0 Å². The van der Waals surface area contributed by atoms with Gasteiger partial charge in [0, 0.05) is 5.33 Å². The van der Waals surface area contributed by atoms with Crippen molar-refractivity contribution in [1.29, 1.82) is 0 Å². The summed E-state index contributed by atoms with van der Waals surface area (Å²) in [4.78, 5) is 1.69. The van der Waals surface area contributed by atoms with Crippen molar-refractivity contribution in [2.75, 3.05) is 5.33 Å². The minimum absolute atomic E-state index is 0.708. The number of halogens is 1. The minimum Gasteiger partial charge on any atom is -0.156 e. The molecule has 3 rings (SSSR count). The van der Waals surface area contributed by atoms with Crippen molar-refractivity contribution >= 4 is 22.0 Å². The zero-order valence-corrected chi connectivity index (χ0v) is 13.7. The molecule has 1 heterocycles. The number of benzene rings is 1. The van der Waals surface area contributed by atoms with Crippen molar-refractivity contribution in [3.05, 3.63) is 47.8 Å². The molecular formula is C17H20BrN3. The average molecular weight is 346 g/mol. The Bertz CT molecular complexity index is 598. The van der Waals surface area contributed by atoms with E-state index in [1.54, 1.807) is 4.80 Å². The summed E-state index contributed by atoms with van der Waals surface area (Å²) in [5, 5.41) is 9.86. The van der Waals surface area contributed by atoms with Crippen LogP contribution in [0.1, 0.15) is 37.8 Å². The number of aromatic nitrogens is 3. The summed E-state index contributed by atoms with van der Waals surface area (Å²) < 4.78 is 0. The van der Waals surface area contributed by atoms with E-state index in [0.29, 0.717) is 5.92 Å². The Morgan fingerprint density at radius 1 is 1.19 bits per heavy atom. The molecule has 0 bridgehead atoms. The Labute approximate surface area is 134 Å². The molecule has 0 amide bonds. The lowest BCUT2D eigenvalue weighted by Gasteiger charge is -2.23. The number of hydrogen-bond donors (Lipinski definition) is 0. The van der Waals surface area contributed by atoms with Crippen molar-refractivity contribution in [3.63, 3.8) is 0 Å². The Kier molecular flexibility index (Phi) is 4.86. The second kappa shape index (κ2) is 7.03. The van der Waals surface area contributed by atoms with Crippen molar-refractivity contribution < 1.29 is 0 Å². The SMILES string of the molecule is BrC/C(=C/c1cnn(-c2ccccc2)n1)C1CCCCC1. The van der Waals surface area contributed by atoms with E-state index >= 15 is 0 Å². The predicted molar refractivity (Wildman–Crippen MR) is 89.7 cm³/mol. The quantitative estimate of drug-likeness (QED) is 0.756. The summed E-state index contributed by atoms with van der Waals surface area (Å²) in [6, 6.07) is 10.0. The van der Waals surface area contributed by atoms with Gasteiger partial charge in [-0.3, -0.25) is 0 Å². The molecule has 0 saturated heterocycles. The monoisotopic (exact) mass is 345 g/mol. The highest BCUT2D eigenvalue weighted by atomic mass is 79.9. The highest BCUT2D eigenvalue weighted by molar-refractivity contribution is 9.09. The van der Waals surface area contributed by atoms with Crippen LogP contribution in [0, 0.1) is 5.92 Å². The molecule has 1 aliphatic rings. The number of hydrogen-bond acceptors (Lipinski definition) is 2. The van der Waals surface area contributed by atoms with Gasteiger partial charge in [-0.2, -0.15) is 9.90 Å². The summed E-state index contributed by atoms with van der Waals surface area (Å²) >= 11 is 3.64. The first-order valence-corrected chi connectivity index (χ1v) is 8.73. The maximum atomic E-state index is 4.57. The summed E-state index contributed by atoms with van der Waals surface area (Å²) in [5.74, 6) is 0.708. The standard InChI is InChI=1S/C17H20BrN3/c18-12-15(14-7-3-1-4-8-14)11-16-13-19-21(20-16)17-9-5-2-6-10-17/h2,5-6,9-11,13-14H,1,3-4,7-8,12H2/b15-11-. The third-order valence-corrected chi connectivity index (χ3v) is 4.76. The molecule has 0 atom stereocenters. The van der Waals surface area contributed by atoms with Crippen molar-refractivity contribution in [2.45, 2.75) is 32.1 Å². The van der Waals surface area contributed by atoms with Gasteiger partial charge in [-0.15, -0.1) is 5.10 Å². The van der Waals surface area contributed by atoms with Crippen LogP contribution in [-0.4, -0.2) is 20.3 Å². The van der Waals surface area contributed by atoms with Crippen molar-refractivity contribution in [2.24, 2.45) is 5.92 Å². The Balaban J connectivity index is 1.80. The van der Waals surface area contributed by atoms with E-state index in [1.165, 1.54) is 37.7 Å². The predicted octanol–water partition coefficient (Wildman–Crippen LogP) is 4.63. The topological polar surface area (TPSA) is 30.7 Å². The molecule has 4 heteroatoms. The smallest absolute Gasteiger partial charge is 0.106 e. The number of allylic oxidation sites excluding steroid dienone is 1. The molecule has 2 aromatic rings. The zero-order chi connectivity index (χ0) is 14.5. The average Bonchev–Trinajstić information content (AvgIpc) is 3.03. The molecule has 1 aliphatic carbocycles. The molecule has 1 aromatic carbocycles. The molecule has 0 aliphatic heterocycles. The van der Waals surface area contributed by atoms with Gasteiger partial charge >= 0.3 is 0 Å². The molecule has 1 saturated carbocycles. The maximum Gasteiger partial charge on any atom is 0.106 e. The van der Waals surface area contributed by atoms with E-state index in [1.807, 2.05) is 36.5 Å². The fourth-order valence-corrected chi connectivity index (χ4v) is 3.58. The second-order valence-electron chi connectivity index (χ2n) is 5.58. The first-order chi connectivity index (χ1) is 10.4. The summed E-state index contributed by atoms with van der Waals surface area (Å²) in [6.07, 6.45) is 10.8. The van der Waals surface area contributed by atoms with Gasteiger partial charge in [-0.1, -0.05) is 59.0 Å². The normalized spacial score (nSPS) is 17.1. The molecule has 0 N–H and O–H groups in total. The molecule has 0 unspecified atom stereocenters. The number of para-hydroxylation sites is 1. The fraction of sp³-hybridized carbons (Fsp3) is 0.412. The molecule has 1 fully saturated rings. The van der Waals surface area contributed by atoms with Crippen LogP contribution in [0.25, 0.3) is 11.8 Å². The fourth-order valence-electron chi connectivity index (χ4n) is 2.96. The van der Waals surface area contributed by atoms with Crippen LogP contribution in [-0.2, 0) is 0 Å². The van der Waals surface area contributed by atoms with Gasteiger partial charge in [0.15, 0.2) is 0 Å². The Morgan fingerprint density at radius 3 is 2.67 bits per heavy atom. The molecule has 0 spiro atoms. The van der Waals surface area contributed by atoms with Crippen LogP contribution in [0.4, 0.5) is 0 Å². The van der Waals surface area contributed by atoms with Crippen LogP contribution < -0.4 is 0 Å². The van der Waals surface area contributed by atoms with E-state index in [4.69, 9.17) is 0 Å². The second-order valence-corrected chi connectivity index (χ2v) is 6.14. The first kappa shape index (κ1) is 14.5. The third kappa shape index (κ3) is 3.62. The van der Waals surface area contributed by atoms with Crippen LogP contribution in [0.2, 0.25) is 0 Å². The van der Waals surface area contributed by atoms with Crippen LogP contribution >= 0.6 is 15.9 Å². The van der Waals surface area contributed by atoms with Crippen LogP contribution in [0.3, 0.4) is 0 Å². The van der Waals surface area contributed by atoms with Gasteiger partial charge in [0.05, 0.1) is 11.9 Å². The summed E-state index contributed by atoms with van der Waals surface area (Å²) in [5.41, 5.74) is 3.39. The molecular weight excluding hydrogens is 326 g/mol. The highest BCUT2D eigenvalue weighted by Gasteiger charge is 2.17. The highest BCUT2D eigenvalue weighted by Crippen LogP contribution is 2.31. The lowest BCUT2D eigenvalue weighted by Crippen LogP contribution is -2.10. The van der Waals surface area contributed by atoms with E-state index in [2.05, 4.69) is 32.2 Å². The first-order valence-electron chi connectivity index (χ1n) is 7.61. The van der Waals surface area contributed by atoms with E-state index in [-0.39, 0.29) is 0 Å². The third-order valence-electron chi connectivity index (χ3n) is 4.11. The van der Waals surface area contributed by atoms with Gasteiger partial charge < -0.3 is 0 Å². The molecule has 3 nitrogen and oxygen atoms in total. The lowest BCUT2D eigenvalue weighted by atomic mass is 9.84. The van der Waals surface area contributed by atoms with E-state index in [0.717, 1.165) is 16.7 Å². The van der Waals surface area contributed by atoms with Crippen molar-refractivity contribution in [3.8, 4) is 5.69 Å². The van der Waals surface area contributed by atoms with E-state index in [9.17, 15) is 0 Å². The number of rotatable bonds is 4. The molecule has 1 aromatic heterocycles.